The summed E-state index contributed by atoms with van der Waals surface area (Å²) in [6.45, 7) is 9.46. The number of hydrogen-bond acceptors (Lipinski definition) is 8. The van der Waals surface area contributed by atoms with Gasteiger partial charge in [0.25, 0.3) is 0 Å². The number of carbonyl (C=O) groups is 1. The molecule has 0 radical (unpaired) electrons. The number of methoxy groups -OCH3 is 1. The lowest BCUT2D eigenvalue weighted by atomic mass is 10.2. The van der Waals surface area contributed by atoms with E-state index in [9.17, 15) is 9.18 Å². The monoisotopic (exact) mass is 521 g/mol. The van der Waals surface area contributed by atoms with Crippen molar-refractivity contribution < 1.29 is 23.4 Å². The number of halogens is 2. The van der Waals surface area contributed by atoms with E-state index in [1.54, 1.807) is 13.1 Å². The van der Waals surface area contributed by atoms with Crippen molar-refractivity contribution in [2.75, 3.05) is 25.6 Å². The fourth-order valence-corrected chi connectivity index (χ4v) is 3.93. The van der Waals surface area contributed by atoms with Gasteiger partial charge in [-0.2, -0.15) is 5.10 Å². The van der Waals surface area contributed by atoms with Gasteiger partial charge in [-0.3, -0.25) is 0 Å². The first-order valence-corrected chi connectivity index (χ1v) is 15.2. The molecule has 0 fully saturated rings. The van der Waals surface area contributed by atoms with Crippen LogP contribution in [0, 0.1) is 5.82 Å². The van der Waals surface area contributed by atoms with Crippen LogP contribution < -0.4 is 10.1 Å². The molecule has 0 aliphatic heterocycles. The second kappa shape index (κ2) is 11.6. The Morgan fingerprint density at radius 3 is 2.74 bits per heavy atom. The van der Waals surface area contributed by atoms with Gasteiger partial charge in [-0.05, 0) is 31.2 Å². The van der Waals surface area contributed by atoms with Crippen molar-refractivity contribution in [1.82, 2.24) is 19.7 Å². The summed E-state index contributed by atoms with van der Waals surface area (Å²) in [5.41, 5.74) is 0.504. The highest BCUT2D eigenvalue weighted by molar-refractivity contribution is 6.76. The highest BCUT2D eigenvalue weighted by Crippen LogP contribution is 2.31. The molecule has 2 heterocycles. The molecule has 9 nitrogen and oxygen atoms in total. The summed E-state index contributed by atoms with van der Waals surface area (Å²) in [6, 6.07) is 5.12. The number of nitrogens with one attached hydrogen (secondary N) is 1. The number of esters is 1. The fraction of sp³-hybridized carbons (Fsp3) is 0.391. The van der Waals surface area contributed by atoms with Crippen molar-refractivity contribution in [1.29, 1.82) is 0 Å². The Labute approximate surface area is 209 Å². The molecule has 0 amide bonds. The van der Waals surface area contributed by atoms with Crippen LogP contribution in [0.25, 0.3) is 11.4 Å². The molecule has 3 aromatic rings. The topological polar surface area (TPSA) is 100 Å². The SMILES string of the molecule is CCOC(=O)c1nn(COCC[Si](C)(C)C)cc1Nc1nc(-c2cc(Cl)ccc2F)ncc1OC. The van der Waals surface area contributed by atoms with Crippen molar-refractivity contribution in [3.05, 3.63) is 47.1 Å². The van der Waals surface area contributed by atoms with Gasteiger partial charge in [-0.1, -0.05) is 31.2 Å². The van der Waals surface area contributed by atoms with Gasteiger partial charge in [0.05, 0.1) is 37.4 Å². The van der Waals surface area contributed by atoms with Crippen molar-refractivity contribution in [2.24, 2.45) is 0 Å². The molecule has 0 unspecified atom stereocenters. The zero-order valence-corrected chi connectivity index (χ0v) is 22.1. The zero-order chi connectivity index (χ0) is 25.6. The Morgan fingerprint density at radius 1 is 1.29 bits per heavy atom. The molecule has 0 spiro atoms. The van der Waals surface area contributed by atoms with Gasteiger partial charge in [-0.15, -0.1) is 0 Å². The normalized spacial score (nSPS) is 11.4. The van der Waals surface area contributed by atoms with Gasteiger partial charge in [0.15, 0.2) is 23.1 Å². The first-order chi connectivity index (χ1) is 16.6. The largest absolute Gasteiger partial charge is 0.491 e. The fourth-order valence-electron chi connectivity index (χ4n) is 3.00. The number of nitrogens with zero attached hydrogens (tertiary/aromatic N) is 4. The first-order valence-electron chi connectivity index (χ1n) is 11.1. The number of anilines is 2. The molecule has 1 N–H and O–H groups in total. The Kier molecular flexibility index (Phi) is 8.81. The lowest BCUT2D eigenvalue weighted by Crippen LogP contribution is -2.22. The maximum absolute atomic E-state index is 14.4. The van der Waals surface area contributed by atoms with E-state index in [4.69, 9.17) is 25.8 Å². The zero-order valence-electron chi connectivity index (χ0n) is 20.4. The molecule has 0 saturated carbocycles. The molecular weight excluding hydrogens is 493 g/mol. The van der Waals surface area contributed by atoms with E-state index < -0.39 is 19.9 Å². The smallest absolute Gasteiger partial charge is 0.361 e. The number of aromatic nitrogens is 4. The Bertz CT molecular complexity index is 1190. The summed E-state index contributed by atoms with van der Waals surface area (Å²) < 4.78 is 32.2. The predicted octanol–water partition coefficient (Wildman–Crippen LogP) is 5.37. The second-order valence-corrected chi connectivity index (χ2v) is 14.9. The highest BCUT2D eigenvalue weighted by atomic mass is 35.5. The van der Waals surface area contributed by atoms with Crippen LogP contribution in [-0.4, -0.2) is 54.1 Å². The van der Waals surface area contributed by atoms with E-state index >= 15 is 0 Å². The molecule has 188 valence electrons. The summed E-state index contributed by atoms with van der Waals surface area (Å²) in [5, 5.41) is 7.71. The van der Waals surface area contributed by atoms with E-state index in [1.165, 1.54) is 36.2 Å². The van der Waals surface area contributed by atoms with Crippen molar-refractivity contribution >= 4 is 37.1 Å². The van der Waals surface area contributed by atoms with Gasteiger partial charge < -0.3 is 19.5 Å². The molecule has 0 aliphatic rings. The van der Waals surface area contributed by atoms with Crippen molar-refractivity contribution in [3.8, 4) is 17.1 Å². The van der Waals surface area contributed by atoms with Gasteiger partial charge in [0.2, 0.25) is 0 Å². The average molecular weight is 522 g/mol. The van der Waals surface area contributed by atoms with Crippen LogP contribution >= 0.6 is 11.6 Å². The van der Waals surface area contributed by atoms with E-state index in [1.807, 2.05) is 0 Å². The molecule has 0 aliphatic carbocycles. The van der Waals surface area contributed by atoms with Crippen LogP contribution in [0.4, 0.5) is 15.9 Å². The average Bonchev–Trinajstić information content (AvgIpc) is 3.20. The van der Waals surface area contributed by atoms with Crippen LogP contribution in [0.2, 0.25) is 30.7 Å². The van der Waals surface area contributed by atoms with Gasteiger partial charge >= 0.3 is 5.97 Å². The minimum absolute atomic E-state index is 0.0526. The molecular formula is C23H29ClFN5O4Si. The highest BCUT2D eigenvalue weighted by Gasteiger charge is 2.21. The molecule has 12 heteroatoms. The van der Waals surface area contributed by atoms with Gasteiger partial charge in [0.1, 0.15) is 12.5 Å². The van der Waals surface area contributed by atoms with Crippen LogP contribution in [0.1, 0.15) is 17.4 Å². The Balaban J connectivity index is 1.91. The lowest BCUT2D eigenvalue weighted by Gasteiger charge is -2.15. The Morgan fingerprint density at radius 2 is 2.06 bits per heavy atom. The summed E-state index contributed by atoms with van der Waals surface area (Å²) in [7, 11) is 0.213. The standard InChI is InChI=1S/C23H29ClFN5O4Si/c1-6-34-23(31)20-18(13-30(29-20)14-33-9-10-35(3,4)5)27-22-19(32-2)12-26-21(28-22)16-11-15(24)7-8-17(16)25/h7-8,11-13H,6,9-10,14H2,1-5H3,(H,26,27,28). The minimum Gasteiger partial charge on any atom is -0.491 e. The quantitative estimate of drug-likeness (QED) is 0.204. The predicted molar refractivity (Wildman–Crippen MR) is 135 cm³/mol. The summed E-state index contributed by atoms with van der Waals surface area (Å²) in [5.74, 6) is -0.550. The summed E-state index contributed by atoms with van der Waals surface area (Å²) in [4.78, 5) is 21.1. The maximum Gasteiger partial charge on any atom is 0.361 e. The minimum atomic E-state index is -1.24. The summed E-state index contributed by atoms with van der Waals surface area (Å²) in [6.07, 6.45) is 3.01. The molecule has 1 aromatic carbocycles. The summed E-state index contributed by atoms with van der Waals surface area (Å²) >= 11 is 6.03. The molecule has 0 atom stereocenters. The molecule has 3 rings (SSSR count). The first kappa shape index (κ1) is 26.6. The van der Waals surface area contributed by atoms with Crippen molar-refractivity contribution in [3.63, 3.8) is 0 Å². The third-order valence-electron chi connectivity index (χ3n) is 4.85. The van der Waals surface area contributed by atoms with Crippen LogP contribution in [0.15, 0.2) is 30.6 Å². The van der Waals surface area contributed by atoms with E-state index in [2.05, 4.69) is 40.0 Å². The third kappa shape index (κ3) is 7.23. The molecule has 2 aromatic heterocycles. The number of hydrogen-bond donors (Lipinski definition) is 1. The number of ether oxygens (including phenoxy) is 3. The second-order valence-electron chi connectivity index (χ2n) is 8.86. The van der Waals surface area contributed by atoms with E-state index in [0.717, 1.165) is 6.04 Å². The van der Waals surface area contributed by atoms with Gasteiger partial charge in [-0.25, -0.2) is 23.8 Å². The maximum atomic E-state index is 14.4. The molecule has 0 saturated heterocycles. The molecule has 0 bridgehead atoms. The lowest BCUT2D eigenvalue weighted by molar-refractivity contribution is 0.0511. The van der Waals surface area contributed by atoms with Crippen LogP contribution in [-0.2, 0) is 16.2 Å². The van der Waals surface area contributed by atoms with E-state index in [-0.39, 0.29) is 42.0 Å². The van der Waals surface area contributed by atoms with Crippen LogP contribution in [0.5, 0.6) is 5.75 Å². The molecule has 35 heavy (non-hydrogen) atoms. The third-order valence-corrected chi connectivity index (χ3v) is 6.79. The van der Waals surface area contributed by atoms with E-state index in [0.29, 0.717) is 17.3 Å². The van der Waals surface area contributed by atoms with Gasteiger partial charge in [0, 0.05) is 19.7 Å². The van der Waals surface area contributed by atoms with Crippen LogP contribution in [0.3, 0.4) is 0 Å². The van der Waals surface area contributed by atoms with Crippen molar-refractivity contribution in [2.45, 2.75) is 39.3 Å². The Hall–Kier alpha value is -3.02. The number of carbonyl (C=O) groups excluding carboxylic acids is 1. The number of rotatable bonds is 11. The number of benzene rings is 1.